The van der Waals surface area contributed by atoms with Crippen LogP contribution < -0.4 is 0 Å². The molecule has 0 saturated heterocycles. The van der Waals surface area contributed by atoms with Crippen LogP contribution in [0.1, 0.15) is 175 Å². The van der Waals surface area contributed by atoms with Crippen molar-refractivity contribution >= 4 is 8.60 Å². The zero-order valence-electron chi connectivity index (χ0n) is 22.2. The van der Waals surface area contributed by atoms with Gasteiger partial charge in [-0.3, -0.25) is 0 Å². The van der Waals surface area contributed by atoms with Crippen LogP contribution in [-0.4, -0.2) is 15.4 Å². The Hall–Kier alpha value is 0.310. The van der Waals surface area contributed by atoms with Crippen molar-refractivity contribution in [2.75, 3.05) is 0 Å². The second-order valence-corrected chi connectivity index (χ2v) is 10.8. The van der Waals surface area contributed by atoms with Crippen molar-refractivity contribution in [2.45, 2.75) is 180 Å². The molecule has 0 aliphatic carbocycles. The van der Waals surface area contributed by atoms with Crippen molar-refractivity contribution in [3.8, 4) is 0 Å². The summed E-state index contributed by atoms with van der Waals surface area (Å²) in [6.07, 6.45) is 30.1. The third kappa shape index (κ3) is 20.9. The first kappa shape index (κ1) is 32.3. The Labute approximate surface area is 203 Å². The Bertz CT molecular complexity index is 347. The van der Waals surface area contributed by atoms with E-state index in [9.17, 15) is 9.79 Å². The van der Waals surface area contributed by atoms with Gasteiger partial charge in [0.15, 0.2) is 0 Å². The Kier molecular flexibility index (Phi) is 24.7. The molecular weight excluding hydrogens is 415 g/mol. The monoisotopic (exact) mass is 474 g/mol. The lowest BCUT2D eigenvalue weighted by Crippen LogP contribution is -2.31. The minimum atomic E-state index is -2.29. The highest BCUT2D eigenvalue weighted by atomic mass is 31.2. The number of unbranched alkanes of at least 4 members (excludes halogenated alkanes) is 18. The molecule has 0 spiro atoms. The molecule has 0 bridgehead atoms. The molecule has 0 aliphatic rings. The number of hydrogen-bond acceptors (Lipinski definition) is 3. The molecule has 0 unspecified atom stereocenters. The summed E-state index contributed by atoms with van der Waals surface area (Å²) in [5, 5.41) is 0. The SMILES string of the molecule is CCCCCCCCCCCC(CCCCCCCC)(CCCCCCCC)OP(O)O. The van der Waals surface area contributed by atoms with Crippen LogP contribution in [0.15, 0.2) is 0 Å². The first-order valence-corrected chi connectivity index (χ1v) is 15.6. The molecule has 0 aromatic heterocycles. The average Bonchev–Trinajstić information content (AvgIpc) is 2.77. The molecule has 0 rings (SSSR count). The van der Waals surface area contributed by atoms with Gasteiger partial charge < -0.3 is 14.3 Å². The van der Waals surface area contributed by atoms with Crippen LogP contribution in [0.2, 0.25) is 0 Å². The average molecular weight is 475 g/mol. The molecular formula is C28H59O3P. The normalized spacial score (nSPS) is 12.2. The zero-order valence-corrected chi connectivity index (χ0v) is 23.1. The third-order valence-corrected chi connectivity index (χ3v) is 7.53. The van der Waals surface area contributed by atoms with Crippen LogP contribution in [-0.2, 0) is 4.52 Å². The van der Waals surface area contributed by atoms with E-state index in [1.807, 2.05) is 0 Å². The van der Waals surface area contributed by atoms with E-state index in [-0.39, 0.29) is 5.60 Å². The molecule has 3 nitrogen and oxygen atoms in total. The first-order valence-electron chi connectivity index (χ1n) is 14.5. The number of hydrogen-bond donors (Lipinski definition) is 2. The summed E-state index contributed by atoms with van der Waals surface area (Å²) in [5.41, 5.74) is -0.314. The number of rotatable bonds is 26. The summed E-state index contributed by atoms with van der Waals surface area (Å²) in [6.45, 7) is 6.79. The van der Waals surface area contributed by atoms with Crippen molar-refractivity contribution in [3.63, 3.8) is 0 Å². The van der Waals surface area contributed by atoms with Crippen LogP contribution in [0.4, 0.5) is 0 Å². The van der Waals surface area contributed by atoms with Gasteiger partial charge >= 0.3 is 8.60 Å². The molecule has 32 heavy (non-hydrogen) atoms. The molecule has 0 aromatic carbocycles. The van der Waals surface area contributed by atoms with E-state index in [0.29, 0.717) is 0 Å². The van der Waals surface area contributed by atoms with E-state index in [1.165, 1.54) is 116 Å². The van der Waals surface area contributed by atoms with Crippen LogP contribution in [0, 0.1) is 0 Å². The summed E-state index contributed by atoms with van der Waals surface area (Å²) in [7, 11) is -2.29. The van der Waals surface area contributed by atoms with Gasteiger partial charge in [0, 0.05) is 0 Å². The smallest absolute Gasteiger partial charge is 0.327 e. The highest BCUT2D eigenvalue weighted by Crippen LogP contribution is 2.42. The Balaban J connectivity index is 4.50. The second kappa shape index (κ2) is 24.4. The fourth-order valence-corrected chi connectivity index (χ4v) is 5.52. The minimum absolute atomic E-state index is 0.314. The second-order valence-electron chi connectivity index (χ2n) is 10.1. The molecule has 0 amide bonds. The lowest BCUT2D eigenvalue weighted by Gasteiger charge is -2.34. The van der Waals surface area contributed by atoms with Gasteiger partial charge in [0.2, 0.25) is 0 Å². The standard InChI is InChI=1S/C28H59O3P/c1-4-7-10-13-16-17-18-21-24-27-28(31-32(29)30,25-22-19-14-11-8-5-2)26-23-20-15-12-9-6-3/h29-30H,4-27H2,1-3H3. The van der Waals surface area contributed by atoms with E-state index < -0.39 is 8.60 Å². The predicted octanol–water partition coefficient (Wildman–Crippen LogP) is 10.4. The molecule has 0 heterocycles. The van der Waals surface area contributed by atoms with Gasteiger partial charge in [0.05, 0.1) is 5.60 Å². The van der Waals surface area contributed by atoms with Crippen molar-refractivity contribution in [2.24, 2.45) is 0 Å². The van der Waals surface area contributed by atoms with E-state index in [1.54, 1.807) is 0 Å². The fourth-order valence-electron chi connectivity index (χ4n) is 4.90. The lowest BCUT2D eigenvalue weighted by atomic mass is 9.85. The van der Waals surface area contributed by atoms with E-state index in [2.05, 4.69) is 20.8 Å². The quantitative estimate of drug-likeness (QED) is 0.0968. The van der Waals surface area contributed by atoms with Gasteiger partial charge in [0.1, 0.15) is 0 Å². The molecule has 0 radical (unpaired) electrons. The maximum atomic E-state index is 9.77. The van der Waals surface area contributed by atoms with E-state index in [4.69, 9.17) is 4.52 Å². The van der Waals surface area contributed by atoms with E-state index >= 15 is 0 Å². The summed E-state index contributed by atoms with van der Waals surface area (Å²) < 4.78 is 5.94. The summed E-state index contributed by atoms with van der Waals surface area (Å²) in [5.74, 6) is 0. The Morgan fingerprint density at radius 3 is 0.938 bits per heavy atom. The lowest BCUT2D eigenvalue weighted by molar-refractivity contribution is 0.0219. The van der Waals surface area contributed by atoms with Gasteiger partial charge in [0.25, 0.3) is 0 Å². The highest BCUT2D eigenvalue weighted by Gasteiger charge is 2.32. The van der Waals surface area contributed by atoms with Crippen LogP contribution >= 0.6 is 8.60 Å². The van der Waals surface area contributed by atoms with Crippen molar-refractivity contribution in [3.05, 3.63) is 0 Å². The van der Waals surface area contributed by atoms with Crippen LogP contribution in [0.5, 0.6) is 0 Å². The van der Waals surface area contributed by atoms with Gasteiger partial charge in [-0.25, -0.2) is 0 Å². The Morgan fingerprint density at radius 2 is 0.688 bits per heavy atom. The summed E-state index contributed by atoms with van der Waals surface area (Å²) >= 11 is 0. The maximum absolute atomic E-state index is 9.77. The fraction of sp³-hybridized carbons (Fsp3) is 1.00. The summed E-state index contributed by atoms with van der Waals surface area (Å²) in [6, 6.07) is 0. The molecule has 0 aliphatic heterocycles. The zero-order chi connectivity index (χ0) is 23.8. The Morgan fingerprint density at radius 1 is 0.438 bits per heavy atom. The molecule has 0 atom stereocenters. The molecule has 0 fully saturated rings. The molecule has 0 saturated carbocycles. The molecule has 2 N–H and O–H groups in total. The molecule has 0 aromatic rings. The topological polar surface area (TPSA) is 49.7 Å². The van der Waals surface area contributed by atoms with Crippen LogP contribution in [0.3, 0.4) is 0 Å². The van der Waals surface area contributed by atoms with Crippen molar-refractivity contribution in [1.82, 2.24) is 0 Å². The highest BCUT2D eigenvalue weighted by molar-refractivity contribution is 7.39. The molecule has 4 heteroatoms. The molecule has 194 valence electrons. The summed E-state index contributed by atoms with van der Waals surface area (Å²) in [4.78, 5) is 19.5. The largest absolute Gasteiger partial charge is 0.328 e. The van der Waals surface area contributed by atoms with E-state index in [0.717, 1.165) is 38.5 Å². The maximum Gasteiger partial charge on any atom is 0.327 e. The minimum Gasteiger partial charge on any atom is -0.328 e. The van der Waals surface area contributed by atoms with Gasteiger partial charge in [-0.05, 0) is 19.3 Å². The van der Waals surface area contributed by atoms with Crippen LogP contribution in [0.25, 0.3) is 0 Å². The van der Waals surface area contributed by atoms with Crippen molar-refractivity contribution in [1.29, 1.82) is 0 Å². The third-order valence-electron chi connectivity index (χ3n) is 6.98. The first-order chi connectivity index (χ1) is 15.6. The van der Waals surface area contributed by atoms with Gasteiger partial charge in [-0.1, -0.05) is 156 Å². The predicted molar refractivity (Wildman–Crippen MR) is 143 cm³/mol. The van der Waals surface area contributed by atoms with Gasteiger partial charge in [-0.2, -0.15) is 0 Å². The van der Waals surface area contributed by atoms with Gasteiger partial charge in [-0.15, -0.1) is 0 Å². The van der Waals surface area contributed by atoms with Crippen molar-refractivity contribution < 1.29 is 14.3 Å².